The first kappa shape index (κ1) is 42.1. The standard InChI is InChI=1S/C56H70O7/c1-30-23-41-47(4,28-37(30)58)15-19-51(8)40-14-13-33-34(49(40,6)17-21-52(41,51)9)26-44(60)56(61)55(33,12)63-46-32(3)45-35(25-39(46)62-56)50(7)18-22-53(10)42-24-31(2)38(59)29-48(42,5)16-20-54(53,11)43(50)27-36(45)57/h13-14,25-27,30-31,41-42,61H,15-24,28-29H2,1-12H3/t30-,31-,41-,42-,47+,48+,49+,50+,51-,52+,53+,54-,55-,56+/m1/s1. The highest BCUT2D eigenvalue weighted by molar-refractivity contribution is 6.10. The van der Waals surface area contributed by atoms with Crippen molar-refractivity contribution in [2.45, 2.75) is 177 Å². The van der Waals surface area contributed by atoms with Crippen molar-refractivity contribution in [3.63, 3.8) is 0 Å². The molecule has 0 amide bonds. The number of carbonyl (C=O) groups is 4. The molecule has 1 aromatic carbocycles. The Kier molecular flexibility index (Phi) is 8.05. The number of ether oxygens (including phenoxy) is 2. The molecule has 0 saturated heterocycles. The molecule has 0 bridgehead atoms. The number of aliphatic hydroxyl groups is 1. The minimum atomic E-state index is -2.33. The second-order valence-electron chi connectivity index (χ2n) is 25.3. The third kappa shape index (κ3) is 4.63. The van der Waals surface area contributed by atoms with Crippen LogP contribution >= 0.6 is 0 Å². The molecule has 0 aromatic heterocycles. The lowest BCUT2D eigenvalue weighted by molar-refractivity contribution is -0.231. The Labute approximate surface area is 375 Å². The fourth-order valence-corrected chi connectivity index (χ4v) is 17.9. The maximum atomic E-state index is 14.8. The smallest absolute Gasteiger partial charge is 0.317 e. The summed E-state index contributed by atoms with van der Waals surface area (Å²) < 4.78 is 13.8. The first-order chi connectivity index (χ1) is 29.2. The van der Waals surface area contributed by atoms with Crippen LogP contribution in [0.1, 0.15) is 175 Å². The molecule has 7 nitrogen and oxygen atoms in total. The molecule has 6 fully saturated rings. The van der Waals surface area contributed by atoms with E-state index in [1.54, 1.807) is 13.0 Å². The number of carbonyl (C=O) groups excluding carboxylic acids is 4. The summed E-state index contributed by atoms with van der Waals surface area (Å²) in [5.41, 5.74) is 3.21. The fraction of sp³-hybridized carbons (Fsp3) is 0.679. The molecule has 7 heteroatoms. The maximum Gasteiger partial charge on any atom is 0.317 e. The van der Waals surface area contributed by atoms with Gasteiger partial charge in [0, 0.05) is 52.2 Å². The third-order valence-electron chi connectivity index (χ3n) is 22.5. The molecule has 14 atom stereocenters. The van der Waals surface area contributed by atoms with Gasteiger partial charge in [-0.05, 0) is 157 Å². The summed E-state index contributed by atoms with van der Waals surface area (Å²) in [6.45, 7) is 26.9. The van der Waals surface area contributed by atoms with Crippen molar-refractivity contribution in [2.24, 2.45) is 61.6 Å². The van der Waals surface area contributed by atoms with Crippen LogP contribution in [-0.4, -0.2) is 39.6 Å². The Hall–Kier alpha value is -3.58. The number of Topliss-reactive ketones (excluding diaryl/α,β-unsaturated/α-hetero) is 2. The van der Waals surface area contributed by atoms with Crippen molar-refractivity contribution in [3.8, 4) is 11.5 Å². The molecule has 336 valence electrons. The minimum absolute atomic E-state index is 0.0102. The van der Waals surface area contributed by atoms with Gasteiger partial charge in [-0.1, -0.05) is 87.0 Å². The van der Waals surface area contributed by atoms with Gasteiger partial charge in [0.05, 0.1) is 0 Å². The number of hydrogen-bond acceptors (Lipinski definition) is 7. The predicted molar refractivity (Wildman–Crippen MR) is 242 cm³/mol. The molecule has 1 aliphatic heterocycles. The van der Waals surface area contributed by atoms with E-state index in [1.807, 2.05) is 19.1 Å². The van der Waals surface area contributed by atoms with E-state index in [0.717, 1.165) is 80.9 Å². The van der Waals surface area contributed by atoms with Crippen LogP contribution in [0.5, 0.6) is 11.5 Å². The van der Waals surface area contributed by atoms with Gasteiger partial charge in [0.1, 0.15) is 11.6 Å². The van der Waals surface area contributed by atoms with Crippen LogP contribution in [0.3, 0.4) is 0 Å². The second kappa shape index (κ2) is 12.1. The monoisotopic (exact) mass is 855 g/mol. The lowest BCUT2D eigenvalue weighted by Crippen LogP contribution is -2.70. The third-order valence-corrected chi connectivity index (χ3v) is 22.5. The number of hydrogen-bond donors (Lipinski definition) is 1. The molecule has 63 heavy (non-hydrogen) atoms. The number of allylic oxidation sites excluding steroid dienone is 5. The topological polar surface area (TPSA) is 107 Å². The molecule has 6 saturated carbocycles. The summed E-state index contributed by atoms with van der Waals surface area (Å²) in [5.74, 6) is -0.492. The average molecular weight is 855 g/mol. The van der Waals surface area contributed by atoms with Crippen molar-refractivity contribution in [2.75, 3.05) is 0 Å². The van der Waals surface area contributed by atoms with Crippen molar-refractivity contribution in [1.29, 1.82) is 0 Å². The van der Waals surface area contributed by atoms with E-state index in [0.29, 0.717) is 58.9 Å². The average Bonchev–Trinajstić information content (AvgIpc) is 3.21. The number of rotatable bonds is 0. The summed E-state index contributed by atoms with van der Waals surface area (Å²) in [7, 11) is 0. The van der Waals surface area contributed by atoms with Gasteiger partial charge in [0.25, 0.3) is 0 Å². The van der Waals surface area contributed by atoms with Crippen molar-refractivity contribution < 1.29 is 33.8 Å². The molecule has 0 spiro atoms. The molecule has 9 aliphatic carbocycles. The highest BCUT2D eigenvalue weighted by Gasteiger charge is 2.72. The summed E-state index contributed by atoms with van der Waals surface area (Å²) in [4.78, 5) is 55.8. The van der Waals surface area contributed by atoms with Crippen molar-refractivity contribution >= 4 is 23.1 Å². The van der Waals surface area contributed by atoms with Gasteiger partial charge < -0.3 is 14.6 Å². The van der Waals surface area contributed by atoms with E-state index in [1.165, 1.54) is 11.1 Å². The van der Waals surface area contributed by atoms with Gasteiger partial charge in [-0.3, -0.25) is 19.2 Å². The summed E-state index contributed by atoms with van der Waals surface area (Å²) in [6.07, 6.45) is 18.5. The van der Waals surface area contributed by atoms with Crippen LogP contribution in [0.15, 0.2) is 52.7 Å². The molecule has 1 heterocycles. The first-order valence-corrected chi connectivity index (χ1v) is 24.5. The minimum Gasteiger partial charge on any atom is -0.471 e. The van der Waals surface area contributed by atoms with Gasteiger partial charge in [-0.25, -0.2) is 0 Å². The lowest BCUT2D eigenvalue weighted by Gasteiger charge is -2.69. The molecule has 11 rings (SSSR count). The van der Waals surface area contributed by atoms with Gasteiger partial charge in [-0.2, -0.15) is 0 Å². The van der Waals surface area contributed by atoms with E-state index < -0.39 is 28.0 Å². The quantitative estimate of drug-likeness (QED) is 0.277. The summed E-state index contributed by atoms with van der Waals surface area (Å²) in [6, 6.07) is 1.92. The first-order valence-electron chi connectivity index (χ1n) is 24.5. The van der Waals surface area contributed by atoms with Crippen molar-refractivity contribution in [1.82, 2.24) is 0 Å². The molecular weight excluding hydrogens is 785 g/mol. The Morgan fingerprint density at radius 2 is 1.16 bits per heavy atom. The predicted octanol–water partition coefficient (Wildman–Crippen LogP) is 11.4. The molecule has 1 aromatic rings. The largest absolute Gasteiger partial charge is 0.471 e. The zero-order valence-electron chi connectivity index (χ0n) is 40.1. The molecule has 0 unspecified atom stereocenters. The van der Waals surface area contributed by atoms with Crippen LogP contribution < -0.4 is 9.47 Å². The van der Waals surface area contributed by atoms with E-state index in [4.69, 9.17) is 9.47 Å². The zero-order chi connectivity index (χ0) is 45.2. The van der Waals surface area contributed by atoms with Crippen LogP contribution in [-0.2, 0) is 19.8 Å². The van der Waals surface area contributed by atoms with Crippen LogP contribution in [0, 0.1) is 68.5 Å². The number of ketones is 4. The zero-order valence-corrected chi connectivity index (χ0v) is 40.1. The maximum absolute atomic E-state index is 14.8. The Morgan fingerprint density at radius 3 is 1.73 bits per heavy atom. The van der Waals surface area contributed by atoms with Crippen LogP contribution in [0.25, 0.3) is 0 Å². The Balaban J connectivity index is 0.986. The highest BCUT2D eigenvalue weighted by atomic mass is 16.7. The Morgan fingerprint density at radius 1 is 0.619 bits per heavy atom. The van der Waals surface area contributed by atoms with Gasteiger partial charge in [-0.15, -0.1) is 0 Å². The van der Waals surface area contributed by atoms with Crippen LogP contribution in [0.4, 0.5) is 0 Å². The highest BCUT2D eigenvalue weighted by Crippen LogP contribution is 2.77. The Bertz CT molecular complexity index is 2540. The van der Waals surface area contributed by atoms with Gasteiger partial charge in [0.2, 0.25) is 11.4 Å². The number of fused-ring (bicyclic) bond motifs is 17. The van der Waals surface area contributed by atoms with Gasteiger partial charge >= 0.3 is 5.79 Å². The summed E-state index contributed by atoms with van der Waals surface area (Å²) >= 11 is 0. The van der Waals surface area contributed by atoms with Gasteiger partial charge in [0.15, 0.2) is 17.3 Å². The molecule has 1 N–H and O–H groups in total. The van der Waals surface area contributed by atoms with E-state index in [-0.39, 0.29) is 50.1 Å². The second-order valence-corrected chi connectivity index (χ2v) is 25.3. The molecular formula is C56H70O7. The van der Waals surface area contributed by atoms with E-state index in [2.05, 4.69) is 81.4 Å². The van der Waals surface area contributed by atoms with E-state index in [9.17, 15) is 24.3 Å². The normalized spacial score (nSPS) is 50.3. The fourth-order valence-electron chi connectivity index (χ4n) is 17.9. The molecule has 10 aliphatic rings. The summed E-state index contributed by atoms with van der Waals surface area (Å²) in [5, 5.41) is 12.8. The lowest BCUT2D eigenvalue weighted by atomic mass is 9.35. The molecule has 0 radical (unpaired) electrons. The number of benzene rings is 1. The van der Waals surface area contributed by atoms with E-state index >= 15 is 0 Å². The van der Waals surface area contributed by atoms with Crippen molar-refractivity contribution in [3.05, 3.63) is 69.4 Å². The SMILES string of the molecule is Cc1c2c(cc3c1C(=O)C=C1[C@@]3(C)CC[C@@]3(C)[C@@H]4C[C@@H](C)C(=O)C[C@]4(C)CC[C@]13C)O[C@@]1(O)C(=O)C=C3C(=CC=C4[C@@]3(C)CC[C@@]3(C)[C@@H]5C[C@@H](C)C(=O)C[C@]5(C)CC[C@]43C)[C@@]1(C)O2. The van der Waals surface area contributed by atoms with Crippen LogP contribution in [0.2, 0.25) is 0 Å².